The van der Waals surface area contributed by atoms with Crippen LogP contribution < -0.4 is 14.2 Å². The summed E-state index contributed by atoms with van der Waals surface area (Å²) in [6.45, 7) is 0.486. The summed E-state index contributed by atoms with van der Waals surface area (Å²) in [7, 11) is 3.01. The number of benzene rings is 3. The number of allylic oxidation sites excluding steroid dienone is 1. The number of methoxy groups -OCH3 is 2. The second-order valence-corrected chi connectivity index (χ2v) is 7.68. The molecule has 0 saturated heterocycles. The van der Waals surface area contributed by atoms with Gasteiger partial charge in [0.25, 0.3) is 0 Å². The Balaban J connectivity index is 1.50. The smallest absolute Gasteiger partial charge is 0.345 e. The molecule has 0 aliphatic heterocycles. The Morgan fingerprint density at radius 1 is 0.857 bits per heavy atom. The van der Waals surface area contributed by atoms with Crippen LogP contribution in [0.25, 0.3) is 0 Å². The van der Waals surface area contributed by atoms with Crippen LogP contribution in [0.2, 0.25) is 0 Å². The highest BCUT2D eigenvalue weighted by atomic mass is 16.6. The van der Waals surface area contributed by atoms with Crippen LogP contribution in [0.1, 0.15) is 16.7 Å². The van der Waals surface area contributed by atoms with Gasteiger partial charge in [-0.3, -0.25) is 0 Å². The molecule has 3 rings (SSSR count). The summed E-state index contributed by atoms with van der Waals surface area (Å²) in [5, 5.41) is 9.49. The van der Waals surface area contributed by atoms with Crippen LogP contribution in [0.3, 0.4) is 0 Å². The molecule has 0 radical (unpaired) electrons. The van der Waals surface area contributed by atoms with E-state index in [-0.39, 0.29) is 6.42 Å². The first-order chi connectivity index (χ1) is 17.0. The maximum atomic E-state index is 12.2. The summed E-state index contributed by atoms with van der Waals surface area (Å²) in [4.78, 5) is 23.8. The number of carboxylic acids is 1. The Kier molecular flexibility index (Phi) is 9.31. The molecule has 0 aliphatic rings. The van der Waals surface area contributed by atoms with Crippen molar-refractivity contribution in [3.63, 3.8) is 0 Å². The van der Waals surface area contributed by atoms with E-state index in [0.717, 1.165) is 16.9 Å². The van der Waals surface area contributed by atoms with Gasteiger partial charge in [0, 0.05) is 12.5 Å². The molecule has 182 valence electrons. The summed E-state index contributed by atoms with van der Waals surface area (Å²) in [5.74, 6) is -0.204. The standard InChI is InChI=1S/C28H28O7/c1-32-24-16-13-22(17-25(24)33-2)18-26(28(30)31)35-27(29)10-6-9-20-11-14-23(15-12-20)34-19-21-7-4-3-5-8-21/h3-8,10-17,26H,9,18-19H2,1-2H3,(H,30,31)/b10-6+. The Labute approximate surface area is 204 Å². The molecule has 7 nitrogen and oxygen atoms in total. The van der Waals surface area contributed by atoms with Crippen molar-refractivity contribution in [3.8, 4) is 17.2 Å². The summed E-state index contributed by atoms with van der Waals surface area (Å²) >= 11 is 0. The number of carbonyl (C=O) groups excluding carboxylic acids is 1. The van der Waals surface area contributed by atoms with E-state index in [2.05, 4.69) is 0 Å². The van der Waals surface area contributed by atoms with E-state index in [4.69, 9.17) is 18.9 Å². The number of hydrogen-bond acceptors (Lipinski definition) is 6. The fraction of sp³-hybridized carbons (Fsp3) is 0.214. The number of carbonyl (C=O) groups is 2. The average Bonchev–Trinajstić information content (AvgIpc) is 2.88. The minimum Gasteiger partial charge on any atom is -0.493 e. The molecule has 3 aromatic carbocycles. The molecule has 1 unspecified atom stereocenters. The third kappa shape index (κ3) is 7.92. The first-order valence-electron chi connectivity index (χ1n) is 11.0. The highest BCUT2D eigenvalue weighted by Gasteiger charge is 2.22. The Morgan fingerprint density at radius 2 is 1.54 bits per heavy atom. The van der Waals surface area contributed by atoms with E-state index < -0.39 is 18.0 Å². The van der Waals surface area contributed by atoms with Gasteiger partial charge in [0.15, 0.2) is 11.5 Å². The third-order valence-corrected chi connectivity index (χ3v) is 5.18. The van der Waals surface area contributed by atoms with E-state index in [1.807, 2.05) is 54.6 Å². The molecular formula is C28H28O7. The topological polar surface area (TPSA) is 91.3 Å². The van der Waals surface area contributed by atoms with Crippen molar-refractivity contribution in [1.29, 1.82) is 0 Å². The lowest BCUT2D eigenvalue weighted by Gasteiger charge is -2.14. The van der Waals surface area contributed by atoms with Gasteiger partial charge in [-0.25, -0.2) is 9.59 Å². The summed E-state index contributed by atoms with van der Waals surface area (Å²) in [6.07, 6.45) is 2.04. The third-order valence-electron chi connectivity index (χ3n) is 5.18. The molecule has 0 fully saturated rings. The number of carboxylic acid groups (broad SMARTS) is 1. The van der Waals surface area contributed by atoms with Crippen LogP contribution in [0.5, 0.6) is 17.2 Å². The van der Waals surface area contributed by atoms with E-state index >= 15 is 0 Å². The molecule has 35 heavy (non-hydrogen) atoms. The van der Waals surface area contributed by atoms with Crippen molar-refractivity contribution in [2.24, 2.45) is 0 Å². The maximum Gasteiger partial charge on any atom is 0.345 e. The lowest BCUT2D eigenvalue weighted by atomic mass is 10.1. The van der Waals surface area contributed by atoms with Gasteiger partial charge in [-0.15, -0.1) is 0 Å². The zero-order valence-corrected chi connectivity index (χ0v) is 19.7. The summed E-state index contributed by atoms with van der Waals surface area (Å²) < 4.78 is 21.3. The van der Waals surface area contributed by atoms with Crippen LogP contribution >= 0.6 is 0 Å². The van der Waals surface area contributed by atoms with Crippen molar-refractivity contribution < 1.29 is 33.6 Å². The van der Waals surface area contributed by atoms with E-state index in [9.17, 15) is 14.7 Å². The predicted octanol–water partition coefficient (Wildman–Crippen LogP) is 4.62. The van der Waals surface area contributed by atoms with Crippen molar-refractivity contribution in [2.45, 2.75) is 25.6 Å². The molecule has 0 aromatic heterocycles. The predicted molar refractivity (Wildman–Crippen MR) is 131 cm³/mol. The van der Waals surface area contributed by atoms with E-state index in [1.54, 1.807) is 24.3 Å². The molecule has 0 saturated carbocycles. The van der Waals surface area contributed by atoms with Crippen molar-refractivity contribution in [1.82, 2.24) is 0 Å². The first-order valence-corrected chi connectivity index (χ1v) is 11.0. The van der Waals surface area contributed by atoms with Gasteiger partial charge < -0.3 is 24.1 Å². The molecule has 0 heterocycles. The normalized spacial score (nSPS) is 11.6. The fourth-order valence-electron chi connectivity index (χ4n) is 3.33. The lowest BCUT2D eigenvalue weighted by molar-refractivity contribution is -0.160. The minimum absolute atomic E-state index is 0.000287. The molecule has 1 atom stereocenters. The van der Waals surface area contributed by atoms with E-state index in [0.29, 0.717) is 30.1 Å². The van der Waals surface area contributed by atoms with Gasteiger partial charge in [0.1, 0.15) is 12.4 Å². The minimum atomic E-state index is -1.33. The molecule has 7 heteroatoms. The highest BCUT2D eigenvalue weighted by molar-refractivity contribution is 5.85. The van der Waals surface area contributed by atoms with Crippen LogP contribution in [0.4, 0.5) is 0 Å². The van der Waals surface area contributed by atoms with Gasteiger partial charge in [-0.1, -0.05) is 54.6 Å². The summed E-state index contributed by atoms with van der Waals surface area (Å²) in [6, 6.07) is 22.5. The average molecular weight is 477 g/mol. The van der Waals surface area contributed by atoms with Gasteiger partial charge in [0.2, 0.25) is 6.10 Å². The highest BCUT2D eigenvalue weighted by Crippen LogP contribution is 2.28. The lowest BCUT2D eigenvalue weighted by Crippen LogP contribution is -2.28. The quantitative estimate of drug-likeness (QED) is 0.301. The second kappa shape index (κ2) is 12.8. The van der Waals surface area contributed by atoms with E-state index in [1.165, 1.54) is 20.3 Å². The molecule has 0 aliphatic carbocycles. The fourth-order valence-corrected chi connectivity index (χ4v) is 3.33. The van der Waals surface area contributed by atoms with Gasteiger partial charge in [-0.2, -0.15) is 0 Å². The number of esters is 1. The maximum absolute atomic E-state index is 12.2. The largest absolute Gasteiger partial charge is 0.493 e. The first kappa shape index (κ1) is 25.4. The summed E-state index contributed by atoms with van der Waals surface area (Å²) in [5.41, 5.74) is 2.70. The monoisotopic (exact) mass is 476 g/mol. The molecule has 3 aromatic rings. The Morgan fingerprint density at radius 3 is 2.20 bits per heavy atom. The molecule has 1 N–H and O–H groups in total. The van der Waals surface area contributed by atoms with Gasteiger partial charge >= 0.3 is 11.9 Å². The number of hydrogen-bond donors (Lipinski definition) is 1. The van der Waals surface area contributed by atoms with Crippen LogP contribution in [0.15, 0.2) is 84.9 Å². The van der Waals surface area contributed by atoms with Crippen molar-refractivity contribution in [2.75, 3.05) is 14.2 Å². The van der Waals surface area contributed by atoms with Gasteiger partial charge in [-0.05, 0) is 47.4 Å². The van der Waals surface area contributed by atoms with Crippen molar-refractivity contribution >= 4 is 11.9 Å². The van der Waals surface area contributed by atoms with Crippen LogP contribution in [0, 0.1) is 0 Å². The molecule has 0 bridgehead atoms. The Hall–Kier alpha value is -4.26. The van der Waals surface area contributed by atoms with Crippen LogP contribution in [-0.2, 0) is 33.8 Å². The zero-order chi connectivity index (χ0) is 25.0. The second-order valence-electron chi connectivity index (χ2n) is 7.68. The SMILES string of the molecule is COc1ccc(CC(OC(=O)/C=C/Cc2ccc(OCc3ccccc3)cc2)C(=O)O)cc1OC. The molecular weight excluding hydrogens is 448 g/mol. The number of rotatable bonds is 12. The van der Waals surface area contributed by atoms with Crippen molar-refractivity contribution in [3.05, 3.63) is 102 Å². The number of aliphatic carboxylic acids is 1. The number of ether oxygens (including phenoxy) is 4. The molecule has 0 spiro atoms. The Bertz CT molecular complexity index is 1140. The van der Waals surface area contributed by atoms with Gasteiger partial charge in [0.05, 0.1) is 14.2 Å². The zero-order valence-electron chi connectivity index (χ0n) is 19.7. The molecule has 0 amide bonds. The van der Waals surface area contributed by atoms with Crippen LogP contribution in [-0.4, -0.2) is 37.4 Å².